The van der Waals surface area contributed by atoms with E-state index in [1.807, 2.05) is 30.9 Å². The van der Waals surface area contributed by atoms with Gasteiger partial charge in [0.2, 0.25) is 0 Å². The van der Waals surface area contributed by atoms with Crippen LogP contribution in [0.1, 0.15) is 33.8 Å². The van der Waals surface area contributed by atoms with E-state index in [4.69, 9.17) is 18.7 Å². The van der Waals surface area contributed by atoms with Gasteiger partial charge in [-0.25, -0.2) is 0 Å². The fourth-order valence-corrected chi connectivity index (χ4v) is 4.13. The van der Waals surface area contributed by atoms with Crippen molar-refractivity contribution in [3.05, 3.63) is 65.0 Å². The molecule has 1 saturated heterocycles. The summed E-state index contributed by atoms with van der Waals surface area (Å²) < 4.78 is 21.9. The van der Waals surface area contributed by atoms with Crippen molar-refractivity contribution in [3.8, 4) is 17.2 Å². The minimum Gasteiger partial charge on any atom is -0.497 e. The molecule has 3 aromatic rings. The van der Waals surface area contributed by atoms with E-state index < -0.39 is 0 Å². The average molecular weight is 466 g/mol. The minimum atomic E-state index is -0.00726. The fourth-order valence-electron chi connectivity index (χ4n) is 4.13. The molecule has 180 valence electrons. The van der Waals surface area contributed by atoms with E-state index in [1.165, 1.54) is 0 Å². The number of amides is 1. The summed E-state index contributed by atoms with van der Waals surface area (Å²) >= 11 is 0. The van der Waals surface area contributed by atoms with E-state index in [9.17, 15) is 4.79 Å². The first-order valence-corrected chi connectivity index (χ1v) is 11.4. The largest absolute Gasteiger partial charge is 0.497 e. The number of hydrogen-bond donors (Lipinski definition) is 0. The van der Waals surface area contributed by atoms with Crippen LogP contribution < -0.4 is 19.1 Å². The van der Waals surface area contributed by atoms with Gasteiger partial charge in [0.15, 0.2) is 11.5 Å². The van der Waals surface area contributed by atoms with Crippen LogP contribution in [0, 0.1) is 13.8 Å². The molecule has 0 unspecified atom stereocenters. The van der Waals surface area contributed by atoms with Crippen molar-refractivity contribution in [2.24, 2.45) is 0 Å². The van der Waals surface area contributed by atoms with E-state index in [0.717, 1.165) is 48.0 Å². The van der Waals surface area contributed by atoms with Gasteiger partial charge in [0.05, 0.1) is 25.5 Å². The SMILES string of the molecule is COc1ccc(N2CCCN(C(=O)c3ccc(OCc4c(C)noc4C)c(OC)c3)CC2)cc1. The summed E-state index contributed by atoms with van der Waals surface area (Å²) in [6, 6.07) is 13.4. The van der Waals surface area contributed by atoms with E-state index in [1.54, 1.807) is 32.4 Å². The maximum Gasteiger partial charge on any atom is 0.254 e. The number of ether oxygens (including phenoxy) is 3. The monoisotopic (exact) mass is 465 g/mol. The molecule has 0 atom stereocenters. The van der Waals surface area contributed by atoms with Crippen LogP contribution in [-0.4, -0.2) is 56.4 Å². The fraction of sp³-hybridized carbons (Fsp3) is 0.385. The number of nitrogens with zero attached hydrogens (tertiary/aromatic N) is 3. The molecule has 1 amide bonds. The third kappa shape index (κ3) is 5.11. The van der Waals surface area contributed by atoms with Crippen LogP contribution in [-0.2, 0) is 6.61 Å². The van der Waals surface area contributed by atoms with Crippen LogP contribution in [0.25, 0.3) is 0 Å². The zero-order chi connectivity index (χ0) is 24.1. The zero-order valence-corrected chi connectivity index (χ0v) is 20.2. The molecule has 0 saturated carbocycles. The highest BCUT2D eigenvalue weighted by Gasteiger charge is 2.22. The Morgan fingerprint density at radius 2 is 1.76 bits per heavy atom. The molecular weight excluding hydrogens is 434 g/mol. The molecule has 8 heteroatoms. The molecule has 34 heavy (non-hydrogen) atoms. The smallest absolute Gasteiger partial charge is 0.254 e. The number of hydrogen-bond acceptors (Lipinski definition) is 7. The van der Waals surface area contributed by atoms with Gasteiger partial charge in [-0.2, -0.15) is 0 Å². The van der Waals surface area contributed by atoms with Gasteiger partial charge >= 0.3 is 0 Å². The van der Waals surface area contributed by atoms with E-state index in [-0.39, 0.29) is 5.91 Å². The lowest BCUT2D eigenvalue weighted by molar-refractivity contribution is 0.0766. The van der Waals surface area contributed by atoms with E-state index in [0.29, 0.717) is 36.8 Å². The van der Waals surface area contributed by atoms with Gasteiger partial charge < -0.3 is 28.5 Å². The number of aromatic nitrogens is 1. The van der Waals surface area contributed by atoms with Gasteiger partial charge in [-0.3, -0.25) is 4.79 Å². The number of carbonyl (C=O) groups is 1. The van der Waals surface area contributed by atoms with Gasteiger partial charge in [-0.1, -0.05) is 5.16 Å². The van der Waals surface area contributed by atoms with Crippen molar-refractivity contribution in [3.63, 3.8) is 0 Å². The lowest BCUT2D eigenvalue weighted by Gasteiger charge is -2.24. The Morgan fingerprint density at radius 3 is 2.44 bits per heavy atom. The van der Waals surface area contributed by atoms with Crippen molar-refractivity contribution in [1.29, 1.82) is 0 Å². The van der Waals surface area contributed by atoms with Gasteiger partial charge in [0.1, 0.15) is 18.1 Å². The van der Waals surface area contributed by atoms with E-state index >= 15 is 0 Å². The van der Waals surface area contributed by atoms with Crippen LogP contribution in [0.3, 0.4) is 0 Å². The molecule has 0 N–H and O–H groups in total. The molecule has 8 nitrogen and oxygen atoms in total. The normalized spacial score (nSPS) is 14.0. The summed E-state index contributed by atoms with van der Waals surface area (Å²) in [7, 11) is 3.24. The van der Waals surface area contributed by atoms with Crippen molar-refractivity contribution in [2.45, 2.75) is 26.9 Å². The molecule has 0 spiro atoms. The van der Waals surface area contributed by atoms with E-state index in [2.05, 4.69) is 22.2 Å². The second-order valence-corrected chi connectivity index (χ2v) is 8.29. The predicted octanol–water partition coefficient (Wildman–Crippen LogP) is 4.24. The minimum absolute atomic E-state index is 0.00726. The summed E-state index contributed by atoms with van der Waals surface area (Å²) in [6.45, 7) is 7.08. The number of benzene rings is 2. The molecular formula is C26H31N3O5. The highest BCUT2D eigenvalue weighted by atomic mass is 16.5. The van der Waals surface area contributed by atoms with Gasteiger partial charge in [0, 0.05) is 37.4 Å². The Labute approximate surface area is 200 Å². The molecule has 0 bridgehead atoms. The third-order valence-electron chi connectivity index (χ3n) is 6.18. The Kier molecular flexibility index (Phi) is 7.25. The molecule has 1 aliphatic heterocycles. The van der Waals surface area contributed by atoms with Crippen LogP contribution in [0.15, 0.2) is 47.0 Å². The second kappa shape index (κ2) is 10.5. The number of carbonyl (C=O) groups excluding carboxylic acids is 1. The van der Waals surface area contributed by atoms with Crippen LogP contribution >= 0.6 is 0 Å². The topological polar surface area (TPSA) is 77.3 Å². The highest BCUT2D eigenvalue weighted by molar-refractivity contribution is 5.95. The molecule has 2 heterocycles. The maximum absolute atomic E-state index is 13.3. The van der Waals surface area contributed by atoms with Crippen molar-refractivity contribution in [1.82, 2.24) is 10.1 Å². The van der Waals surface area contributed by atoms with Gasteiger partial charge in [0.25, 0.3) is 5.91 Å². The number of methoxy groups -OCH3 is 2. The molecule has 0 aliphatic carbocycles. The maximum atomic E-state index is 13.3. The lowest BCUT2D eigenvalue weighted by atomic mass is 10.1. The Hall–Kier alpha value is -3.68. The molecule has 0 radical (unpaired) electrons. The van der Waals surface area contributed by atoms with Gasteiger partial charge in [-0.15, -0.1) is 0 Å². The predicted molar refractivity (Wildman–Crippen MR) is 129 cm³/mol. The first-order valence-electron chi connectivity index (χ1n) is 11.4. The standard InChI is InChI=1S/C26H31N3O5/c1-18-23(19(2)34-27-18)17-33-24-11-6-20(16-25(24)32-4)26(30)29-13-5-12-28(14-15-29)21-7-9-22(31-3)10-8-21/h6-11,16H,5,12-15,17H2,1-4H3. The first-order chi connectivity index (χ1) is 16.5. The zero-order valence-electron chi connectivity index (χ0n) is 20.2. The summed E-state index contributed by atoms with van der Waals surface area (Å²) in [6.07, 6.45) is 0.896. The summed E-state index contributed by atoms with van der Waals surface area (Å²) in [4.78, 5) is 17.5. The van der Waals surface area contributed by atoms with Crippen LogP contribution in [0.5, 0.6) is 17.2 Å². The van der Waals surface area contributed by atoms with Crippen molar-refractivity contribution < 1.29 is 23.5 Å². The van der Waals surface area contributed by atoms with Crippen LogP contribution in [0.4, 0.5) is 5.69 Å². The summed E-state index contributed by atoms with van der Waals surface area (Å²) in [5.74, 6) is 2.65. The molecule has 2 aromatic carbocycles. The number of anilines is 1. The molecule has 4 rings (SSSR count). The molecule has 1 fully saturated rings. The summed E-state index contributed by atoms with van der Waals surface area (Å²) in [5.41, 5.74) is 3.43. The molecule has 1 aliphatic rings. The Bertz CT molecular complexity index is 1110. The first kappa shape index (κ1) is 23.5. The van der Waals surface area contributed by atoms with Gasteiger partial charge in [-0.05, 0) is 62.7 Å². The quantitative estimate of drug-likeness (QED) is 0.516. The van der Waals surface area contributed by atoms with Crippen LogP contribution in [0.2, 0.25) is 0 Å². The Balaban J connectivity index is 1.41. The summed E-state index contributed by atoms with van der Waals surface area (Å²) in [5, 5.41) is 3.95. The average Bonchev–Trinajstić information content (AvgIpc) is 3.04. The molecule has 1 aromatic heterocycles. The Morgan fingerprint density at radius 1 is 0.971 bits per heavy atom. The third-order valence-corrected chi connectivity index (χ3v) is 6.18. The lowest BCUT2D eigenvalue weighted by Crippen LogP contribution is -2.35. The number of rotatable bonds is 7. The number of aryl methyl sites for hydroxylation is 2. The van der Waals surface area contributed by atoms with Crippen molar-refractivity contribution >= 4 is 11.6 Å². The highest BCUT2D eigenvalue weighted by Crippen LogP contribution is 2.30. The second-order valence-electron chi connectivity index (χ2n) is 8.29. The van der Waals surface area contributed by atoms with Crippen molar-refractivity contribution in [2.75, 3.05) is 45.3 Å².